The Morgan fingerprint density at radius 3 is 1.58 bits per heavy atom. The number of ether oxygens (including phenoxy) is 1. The Balaban J connectivity index is 0. The molecule has 10 nitrogen and oxygen atoms in total. The monoisotopic (exact) mass is 320 g/mol. The summed E-state index contributed by atoms with van der Waals surface area (Å²) in [6, 6.07) is 0. The summed E-state index contributed by atoms with van der Waals surface area (Å²) in [4.78, 5) is 20.0. The number of carboxylic acids is 1. The van der Waals surface area contributed by atoms with Crippen LogP contribution in [0.3, 0.4) is 0 Å². The Morgan fingerprint density at radius 1 is 1.00 bits per heavy atom. The minimum atomic E-state index is -3.60. The lowest BCUT2D eigenvalue weighted by atomic mass is 10.5. The molecule has 5 N–H and O–H groups in total. The maximum Gasteiger partial charge on any atom is 0.306 e. The van der Waals surface area contributed by atoms with Gasteiger partial charge in [-0.2, -0.15) is 0 Å². The van der Waals surface area contributed by atoms with E-state index in [-0.39, 0.29) is 12.2 Å². The number of methoxy groups -OCH3 is 1. The van der Waals surface area contributed by atoms with Crippen molar-refractivity contribution in [2.24, 2.45) is 10.3 Å². The lowest BCUT2D eigenvalue weighted by Gasteiger charge is -1.95. The topological polar surface area (TPSA) is 184 Å². The Kier molecular flexibility index (Phi) is 9.29. The van der Waals surface area contributed by atoms with E-state index in [4.69, 9.17) is 5.11 Å². The fraction of sp³-hybridized carbons (Fsp3) is 0.714. The van der Waals surface area contributed by atoms with Crippen molar-refractivity contribution >= 4 is 32.0 Å². The molecule has 19 heavy (non-hydrogen) atoms. The van der Waals surface area contributed by atoms with Crippen LogP contribution in [0.4, 0.5) is 0 Å². The number of primary sulfonamides is 2. The Bertz CT molecular complexity index is 495. The highest BCUT2D eigenvalue weighted by Gasteiger charge is 2.07. The normalized spacial score (nSPS) is 11.1. The van der Waals surface area contributed by atoms with Gasteiger partial charge in [0.15, 0.2) is 0 Å². The van der Waals surface area contributed by atoms with E-state index in [9.17, 15) is 26.4 Å². The van der Waals surface area contributed by atoms with Gasteiger partial charge in [0.25, 0.3) is 0 Å². The average molecular weight is 320 g/mol. The van der Waals surface area contributed by atoms with E-state index in [1.165, 1.54) is 7.11 Å². The van der Waals surface area contributed by atoms with Crippen LogP contribution in [-0.4, -0.2) is 52.5 Å². The van der Waals surface area contributed by atoms with Crippen molar-refractivity contribution in [2.45, 2.75) is 12.8 Å². The fourth-order valence-electron chi connectivity index (χ4n) is 0.557. The molecule has 0 aromatic heterocycles. The number of esters is 1. The third-order valence-corrected chi connectivity index (χ3v) is 2.97. The second-order valence-electron chi connectivity index (χ2n) is 3.20. The molecular formula is C7H16N2O8S2. The van der Waals surface area contributed by atoms with Crippen LogP contribution >= 0.6 is 0 Å². The first-order valence-corrected chi connectivity index (χ1v) is 8.10. The van der Waals surface area contributed by atoms with Crippen LogP contribution in [0.1, 0.15) is 12.8 Å². The summed E-state index contributed by atoms with van der Waals surface area (Å²) in [6.07, 6.45) is -0.617. The smallest absolute Gasteiger partial charge is 0.306 e. The molecule has 0 unspecified atom stereocenters. The highest BCUT2D eigenvalue weighted by Crippen LogP contribution is 1.87. The summed E-state index contributed by atoms with van der Waals surface area (Å²) in [7, 11) is -5.94. The van der Waals surface area contributed by atoms with E-state index >= 15 is 0 Å². The van der Waals surface area contributed by atoms with Gasteiger partial charge in [0.05, 0.1) is 31.5 Å². The quantitative estimate of drug-likeness (QED) is 0.451. The first-order valence-electron chi connectivity index (χ1n) is 4.67. The summed E-state index contributed by atoms with van der Waals surface area (Å²) in [5, 5.41) is 17.1. The highest BCUT2D eigenvalue weighted by molar-refractivity contribution is 7.89. The first kappa shape index (κ1) is 20.1. The van der Waals surface area contributed by atoms with Gasteiger partial charge in [-0.15, -0.1) is 0 Å². The molecule has 0 aromatic rings. The van der Waals surface area contributed by atoms with Gasteiger partial charge < -0.3 is 9.84 Å². The molecule has 0 spiro atoms. The number of rotatable bonds is 6. The molecule has 0 heterocycles. The van der Waals surface area contributed by atoms with Gasteiger partial charge >= 0.3 is 11.9 Å². The number of hydrogen-bond donors (Lipinski definition) is 3. The summed E-state index contributed by atoms with van der Waals surface area (Å²) in [5.74, 6) is -2.60. The number of sulfonamides is 2. The number of carbonyl (C=O) groups is 2. The zero-order chi connectivity index (χ0) is 15.7. The zero-order valence-corrected chi connectivity index (χ0v) is 11.7. The van der Waals surface area contributed by atoms with Gasteiger partial charge in [-0.25, -0.2) is 27.1 Å². The van der Waals surface area contributed by atoms with E-state index in [2.05, 4.69) is 15.0 Å². The number of carbonyl (C=O) groups excluding carboxylic acids is 1. The van der Waals surface area contributed by atoms with E-state index in [0.717, 1.165) is 0 Å². The molecule has 0 fully saturated rings. The van der Waals surface area contributed by atoms with Crippen molar-refractivity contribution in [3.63, 3.8) is 0 Å². The Labute approximate surface area is 110 Å². The van der Waals surface area contributed by atoms with Crippen LogP contribution in [0, 0.1) is 0 Å². The Morgan fingerprint density at radius 2 is 1.37 bits per heavy atom. The van der Waals surface area contributed by atoms with Crippen molar-refractivity contribution in [1.82, 2.24) is 0 Å². The van der Waals surface area contributed by atoms with Crippen molar-refractivity contribution in [3.05, 3.63) is 0 Å². The summed E-state index contributed by atoms with van der Waals surface area (Å²) >= 11 is 0. The van der Waals surface area contributed by atoms with Gasteiger partial charge in [0, 0.05) is 0 Å². The van der Waals surface area contributed by atoms with Crippen LogP contribution in [0.5, 0.6) is 0 Å². The summed E-state index contributed by atoms with van der Waals surface area (Å²) in [6.45, 7) is 0. The second kappa shape index (κ2) is 8.79. The number of nitrogens with two attached hydrogens (primary N) is 2. The maximum absolute atomic E-state index is 10.3. The van der Waals surface area contributed by atoms with Crippen molar-refractivity contribution in [1.29, 1.82) is 0 Å². The fourth-order valence-corrected chi connectivity index (χ4v) is 1.47. The molecule has 0 rings (SSSR count). The van der Waals surface area contributed by atoms with Crippen molar-refractivity contribution in [2.75, 3.05) is 18.6 Å². The molecular weight excluding hydrogens is 304 g/mol. The lowest BCUT2D eigenvalue weighted by molar-refractivity contribution is -0.140. The van der Waals surface area contributed by atoms with Gasteiger partial charge in [-0.1, -0.05) is 0 Å². The number of carboxylic acid groups (broad SMARTS) is 1. The lowest BCUT2D eigenvalue weighted by Crippen LogP contribution is -2.19. The van der Waals surface area contributed by atoms with Gasteiger partial charge in [-0.3, -0.25) is 9.59 Å². The average Bonchev–Trinajstić information content (AvgIpc) is 2.22. The Hall–Kier alpha value is -1.24. The standard InChI is InChI=1S/C4H9NO4S.C3H7NO4S/c1-9-4(6)2-3-10(5,7)8;4-9(7,8)2-1-3(5)6/h2-3H2,1H3,(H2,5,7,8);1-2H2,(H,5,6)(H2,4,7,8). The van der Waals surface area contributed by atoms with Crippen LogP contribution in [-0.2, 0) is 34.4 Å². The van der Waals surface area contributed by atoms with E-state index < -0.39 is 44.2 Å². The van der Waals surface area contributed by atoms with Crippen LogP contribution in [0.25, 0.3) is 0 Å². The predicted molar refractivity (Wildman–Crippen MR) is 64.8 cm³/mol. The first-order chi connectivity index (χ1) is 8.37. The molecule has 0 amide bonds. The van der Waals surface area contributed by atoms with Gasteiger partial charge in [0.2, 0.25) is 20.0 Å². The van der Waals surface area contributed by atoms with E-state index in [0.29, 0.717) is 0 Å². The molecule has 114 valence electrons. The largest absolute Gasteiger partial charge is 0.481 e. The summed E-state index contributed by atoms with van der Waals surface area (Å²) < 4.78 is 44.7. The van der Waals surface area contributed by atoms with Crippen molar-refractivity contribution < 1.29 is 36.3 Å². The minimum Gasteiger partial charge on any atom is -0.481 e. The second-order valence-corrected chi connectivity index (χ2v) is 6.67. The summed E-state index contributed by atoms with van der Waals surface area (Å²) in [5.41, 5.74) is 0. The van der Waals surface area contributed by atoms with E-state index in [1.54, 1.807) is 0 Å². The van der Waals surface area contributed by atoms with Crippen molar-refractivity contribution in [3.8, 4) is 0 Å². The molecule has 0 aliphatic heterocycles. The van der Waals surface area contributed by atoms with Crippen LogP contribution < -0.4 is 10.3 Å². The number of hydrogen-bond acceptors (Lipinski definition) is 7. The zero-order valence-electron chi connectivity index (χ0n) is 10.1. The molecule has 0 atom stereocenters. The number of aliphatic carboxylic acids is 1. The molecule has 12 heteroatoms. The van der Waals surface area contributed by atoms with Crippen LogP contribution in [0.15, 0.2) is 0 Å². The van der Waals surface area contributed by atoms with Crippen LogP contribution in [0.2, 0.25) is 0 Å². The van der Waals surface area contributed by atoms with E-state index in [1.807, 2.05) is 0 Å². The third kappa shape index (κ3) is 22.4. The maximum atomic E-state index is 10.3. The molecule has 0 bridgehead atoms. The highest BCUT2D eigenvalue weighted by atomic mass is 32.2. The molecule has 0 saturated heterocycles. The molecule has 0 aliphatic carbocycles. The molecule has 0 saturated carbocycles. The van der Waals surface area contributed by atoms with Gasteiger partial charge in [0.1, 0.15) is 0 Å². The molecule has 0 aromatic carbocycles. The molecule has 0 aliphatic rings. The molecule has 0 radical (unpaired) electrons. The third-order valence-electron chi connectivity index (χ3n) is 1.42. The SMILES string of the molecule is COC(=O)CCS(N)(=O)=O.NS(=O)(=O)CCC(=O)O. The predicted octanol–water partition coefficient (Wildman–Crippen LogP) is -2.41. The minimum absolute atomic E-state index is 0.185. The van der Waals surface area contributed by atoms with Gasteiger partial charge in [-0.05, 0) is 0 Å².